The number of ether oxygens (including phenoxy) is 3. The van der Waals surface area contributed by atoms with E-state index in [2.05, 4.69) is 10.2 Å². The van der Waals surface area contributed by atoms with Gasteiger partial charge in [0.05, 0.1) is 13.7 Å². The van der Waals surface area contributed by atoms with Crippen LogP contribution in [-0.2, 0) is 4.79 Å². The molecular weight excluding hydrogens is 346 g/mol. The highest BCUT2D eigenvalue weighted by Crippen LogP contribution is 2.19. The molecule has 1 aliphatic rings. The van der Waals surface area contributed by atoms with Crippen LogP contribution in [0, 0.1) is 0 Å². The van der Waals surface area contributed by atoms with Gasteiger partial charge in [-0.2, -0.15) is 0 Å². The predicted molar refractivity (Wildman–Crippen MR) is 91.1 cm³/mol. The summed E-state index contributed by atoms with van der Waals surface area (Å²) in [5, 5.41) is 8.41. The molecule has 0 radical (unpaired) electrons. The van der Waals surface area contributed by atoms with E-state index in [4.69, 9.17) is 25.8 Å². The van der Waals surface area contributed by atoms with E-state index in [-0.39, 0.29) is 18.6 Å². The summed E-state index contributed by atoms with van der Waals surface area (Å²) in [5.74, 6) is 1.37. The van der Waals surface area contributed by atoms with Gasteiger partial charge >= 0.3 is 0 Å². The van der Waals surface area contributed by atoms with Crippen molar-refractivity contribution in [2.45, 2.75) is 12.5 Å². The van der Waals surface area contributed by atoms with Gasteiger partial charge in [-0.3, -0.25) is 4.79 Å². The molecule has 3 rings (SSSR count). The third-order valence-corrected chi connectivity index (χ3v) is 4.04. The van der Waals surface area contributed by atoms with Crippen molar-refractivity contribution in [3.8, 4) is 17.5 Å². The molecule has 0 spiro atoms. The smallest absolute Gasteiger partial charge is 0.260 e. The molecule has 1 aliphatic heterocycles. The Bertz CT molecular complexity index is 709. The number of benzene rings is 1. The van der Waals surface area contributed by atoms with Crippen molar-refractivity contribution < 1.29 is 19.0 Å². The van der Waals surface area contributed by atoms with Crippen LogP contribution in [-0.4, -0.2) is 53.9 Å². The Balaban J connectivity index is 1.46. The van der Waals surface area contributed by atoms with Crippen molar-refractivity contribution in [3.05, 3.63) is 41.4 Å². The second kappa shape index (κ2) is 8.02. The van der Waals surface area contributed by atoms with Gasteiger partial charge in [-0.15, -0.1) is 10.2 Å². The van der Waals surface area contributed by atoms with E-state index in [9.17, 15) is 4.79 Å². The van der Waals surface area contributed by atoms with Gasteiger partial charge in [0.1, 0.15) is 11.9 Å². The zero-order valence-corrected chi connectivity index (χ0v) is 14.5. The first-order chi connectivity index (χ1) is 12.1. The number of methoxy groups -OCH3 is 1. The quantitative estimate of drug-likeness (QED) is 0.783. The lowest BCUT2D eigenvalue weighted by molar-refractivity contribution is -0.132. The van der Waals surface area contributed by atoms with E-state index in [1.807, 2.05) is 0 Å². The molecule has 1 atom stereocenters. The molecule has 1 aromatic carbocycles. The highest BCUT2D eigenvalue weighted by atomic mass is 35.5. The number of hydrogen-bond acceptors (Lipinski definition) is 6. The Morgan fingerprint density at radius 1 is 1.20 bits per heavy atom. The monoisotopic (exact) mass is 363 g/mol. The highest BCUT2D eigenvalue weighted by Gasteiger charge is 2.28. The molecule has 0 saturated carbocycles. The van der Waals surface area contributed by atoms with Crippen molar-refractivity contribution in [2.24, 2.45) is 0 Å². The minimum Gasteiger partial charge on any atom is -0.484 e. The Kier molecular flexibility index (Phi) is 5.55. The first-order valence-corrected chi connectivity index (χ1v) is 8.22. The van der Waals surface area contributed by atoms with Gasteiger partial charge in [-0.25, -0.2) is 0 Å². The van der Waals surface area contributed by atoms with Gasteiger partial charge in [-0.1, -0.05) is 11.6 Å². The van der Waals surface area contributed by atoms with E-state index in [1.165, 1.54) is 7.11 Å². The average molecular weight is 364 g/mol. The number of hydrogen-bond donors (Lipinski definition) is 0. The number of nitrogens with zero attached hydrogens (tertiary/aromatic N) is 3. The van der Waals surface area contributed by atoms with Gasteiger partial charge < -0.3 is 19.1 Å². The van der Waals surface area contributed by atoms with Crippen molar-refractivity contribution in [2.75, 3.05) is 26.8 Å². The molecule has 0 bridgehead atoms. The summed E-state index contributed by atoms with van der Waals surface area (Å²) in [5.41, 5.74) is 0. The maximum absolute atomic E-state index is 12.2. The van der Waals surface area contributed by atoms with Gasteiger partial charge in [0.25, 0.3) is 5.91 Å². The summed E-state index contributed by atoms with van der Waals surface area (Å²) >= 11 is 5.82. The topological polar surface area (TPSA) is 73.8 Å². The number of likely N-dealkylation sites (tertiary alicyclic amines) is 1. The van der Waals surface area contributed by atoms with Crippen LogP contribution in [0.1, 0.15) is 6.42 Å². The molecule has 2 aromatic rings. The fourth-order valence-electron chi connectivity index (χ4n) is 2.47. The van der Waals surface area contributed by atoms with Crippen LogP contribution in [0.15, 0.2) is 36.4 Å². The Labute approximate surface area is 150 Å². The largest absolute Gasteiger partial charge is 0.484 e. The predicted octanol–water partition coefficient (Wildman–Crippen LogP) is 2.20. The van der Waals surface area contributed by atoms with Gasteiger partial charge in [0, 0.05) is 30.1 Å². The minimum atomic E-state index is -0.109. The molecule has 1 aromatic heterocycles. The highest BCUT2D eigenvalue weighted by molar-refractivity contribution is 6.30. The van der Waals surface area contributed by atoms with E-state index in [1.54, 1.807) is 41.3 Å². The van der Waals surface area contributed by atoms with Crippen molar-refractivity contribution in [1.29, 1.82) is 0 Å². The zero-order valence-electron chi connectivity index (χ0n) is 13.7. The molecule has 0 N–H and O–H groups in total. The zero-order chi connectivity index (χ0) is 17.6. The van der Waals surface area contributed by atoms with Crippen LogP contribution in [0.25, 0.3) is 0 Å². The Morgan fingerprint density at radius 3 is 2.60 bits per heavy atom. The summed E-state index contributed by atoms with van der Waals surface area (Å²) in [6.07, 6.45) is 0.627. The Hall–Kier alpha value is -2.54. The van der Waals surface area contributed by atoms with E-state index < -0.39 is 0 Å². The Morgan fingerprint density at radius 2 is 1.92 bits per heavy atom. The number of halogens is 1. The average Bonchev–Trinajstić information content (AvgIpc) is 3.10. The maximum atomic E-state index is 12.2. The molecule has 1 unspecified atom stereocenters. The number of rotatable bonds is 6. The summed E-state index contributed by atoms with van der Waals surface area (Å²) < 4.78 is 16.2. The first-order valence-electron chi connectivity index (χ1n) is 7.84. The summed E-state index contributed by atoms with van der Waals surface area (Å²) in [6.45, 7) is 1.10. The van der Waals surface area contributed by atoms with Crippen LogP contribution >= 0.6 is 11.6 Å². The molecule has 1 saturated heterocycles. The van der Waals surface area contributed by atoms with Crippen molar-refractivity contribution >= 4 is 17.5 Å². The second-order valence-electron chi connectivity index (χ2n) is 5.52. The molecule has 0 aliphatic carbocycles. The lowest BCUT2D eigenvalue weighted by Gasteiger charge is -2.17. The van der Waals surface area contributed by atoms with Crippen LogP contribution in [0.4, 0.5) is 0 Å². The lowest BCUT2D eigenvalue weighted by Crippen LogP contribution is -2.34. The molecule has 1 fully saturated rings. The molecule has 132 valence electrons. The summed E-state index contributed by atoms with van der Waals surface area (Å²) in [6, 6.07) is 10.3. The van der Waals surface area contributed by atoms with E-state index >= 15 is 0 Å². The molecular formula is C17H18ClN3O4. The second-order valence-corrected chi connectivity index (χ2v) is 5.96. The number of carbonyl (C=O) groups is 1. The molecule has 25 heavy (non-hydrogen) atoms. The standard InChI is InChI=1S/C17H18ClN3O4/c1-23-15-6-7-16(20-19-15)25-14-8-9-21(10-14)17(22)11-24-13-4-2-12(18)3-5-13/h2-7,14H,8-11H2,1H3. The number of aromatic nitrogens is 2. The van der Waals surface area contributed by atoms with Gasteiger partial charge in [-0.05, 0) is 24.3 Å². The fraction of sp³-hybridized carbons (Fsp3) is 0.353. The molecule has 1 amide bonds. The minimum absolute atomic E-state index is 0.0172. The molecule has 7 nitrogen and oxygen atoms in total. The normalized spacial score (nSPS) is 16.6. The molecule has 8 heteroatoms. The van der Waals surface area contributed by atoms with Crippen LogP contribution in [0.3, 0.4) is 0 Å². The molecule has 2 heterocycles. The van der Waals surface area contributed by atoms with E-state index in [0.717, 1.165) is 6.42 Å². The van der Waals surface area contributed by atoms with Crippen molar-refractivity contribution in [3.63, 3.8) is 0 Å². The van der Waals surface area contributed by atoms with E-state index in [0.29, 0.717) is 35.6 Å². The van der Waals surface area contributed by atoms with Crippen LogP contribution in [0.5, 0.6) is 17.5 Å². The van der Waals surface area contributed by atoms with Crippen LogP contribution < -0.4 is 14.2 Å². The number of amides is 1. The first kappa shape index (κ1) is 17.3. The van der Waals surface area contributed by atoms with Crippen molar-refractivity contribution in [1.82, 2.24) is 15.1 Å². The van der Waals surface area contributed by atoms with Gasteiger partial charge in [0.2, 0.25) is 11.8 Å². The number of carbonyl (C=O) groups excluding carboxylic acids is 1. The SMILES string of the molecule is COc1ccc(OC2CCN(C(=O)COc3ccc(Cl)cc3)C2)nn1. The third-order valence-electron chi connectivity index (χ3n) is 3.79. The fourth-order valence-corrected chi connectivity index (χ4v) is 2.59. The third kappa shape index (κ3) is 4.73. The summed E-state index contributed by atoms with van der Waals surface area (Å²) in [7, 11) is 1.52. The maximum Gasteiger partial charge on any atom is 0.260 e. The summed E-state index contributed by atoms with van der Waals surface area (Å²) in [4.78, 5) is 14.0. The van der Waals surface area contributed by atoms with Gasteiger partial charge in [0.15, 0.2) is 6.61 Å². The van der Waals surface area contributed by atoms with Crippen LogP contribution in [0.2, 0.25) is 5.02 Å². The lowest BCUT2D eigenvalue weighted by atomic mass is 10.3.